The van der Waals surface area contributed by atoms with Crippen molar-refractivity contribution in [3.8, 4) is 0 Å². The van der Waals surface area contributed by atoms with Gasteiger partial charge in [-0.15, -0.1) is 0 Å². The van der Waals surface area contributed by atoms with Crippen LogP contribution in [-0.4, -0.2) is 37.7 Å². The van der Waals surface area contributed by atoms with E-state index < -0.39 is 11.2 Å². The lowest BCUT2D eigenvalue weighted by Crippen LogP contribution is -2.42. The summed E-state index contributed by atoms with van der Waals surface area (Å²) in [5.41, 5.74) is 5.83. The Morgan fingerprint density at radius 3 is 2.72 bits per heavy atom. The van der Waals surface area contributed by atoms with Crippen molar-refractivity contribution in [2.45, 2.75) is 45.2 Å². The normalized spacial score (nSPS) is 11.2. The minimum atomic E-state index is -0.658. The Kier molecular flexibility index (Phi) is 7.68. The van der Waals surface area contributed by atoms with Gasteiger partial charge in [0.15, 0.2) is 5.69 Å². The second kappa shape index (κ2) is 10.4. The van der Waals surface area contributed by atoms with Crippen molar-refractivity contribution in [3.05, 3.63) is 51.4 Å². The number of fused-ring (bicyclic) bond motifs is 1. The molecule has 1 amide bonds. The molecule has 170 valence electrons. The van der Waals surface area contributed by atoms with E-state index in [9.17, 15) is 14.4 Å². The monoisotopic (exact) mass is 456 g/mol. The van der Waals surface area contributed by atoms with Crippen molar-refractivity contribution in [1.29, 1.82) is 0 Å². The van der Waals surface area contributed by atoms with Gasteiger partial charge in [0.25, 0.3) is 5.56 Å². The first-order valence-electron chi connectivity index (χ1n) is 10.6. The highest BCUT2D eigenvalue weighted by atomic mass is 32.2. The van der Waals surface area contributed by atoms with Crippen LogP contribution in [0.25, 0.3) is 10.9 Å². The molecule has 3 aromatic rings. The van der Waals surface area contributed by atoms with Gasteiger partial charge >= 0.3 is 5.69 Å². The molecule has 0 aliphatic rings. The second-order valence-electron chi connectivity index (χ2n) is 7.88. The summed E-state index contributed by atoms with van der Waals surface area (Å²) in [6.45, 7) is 6.55. The van der Waals surface area contributed by atoms with Crippen LogP contribution in [0.3, 0.4) is 0 Å². The molecule has 0 unspecified atom stereocenters. The van der Waals surface area contributed by atoms with Crippen LogP contribution in [0, 0.1) is 5.92 Å². The first kappa shape index (κ1) is 23.5. The van der Waals surface area contributed by atoms with Gasteiger partial charge in [0, 0.05) is 18.5 Å². The number of carbonyl (C=O) groups is 1. The third-order valence-corrected chi connectivity index (χ3v) is 5.90. The van der Waals surface area contributed by atoms with Crippen LogP contribution < -0.4 is 21.9 Å². The van der Waals surface area contributed by atoms with Gasteiger partial charge < -0.3 is 10.6 Å². The molecule has 0 fully saturated rings. The van der Waals surface area contributed by atoms with Gasteiger partial charge in [-0.1, -0.05) is 57.2 Å². The number of anilines is 2. The summed E-state index contributed by atoms with van der Waals surface area (Å²) in [4.78, 5) is 50.5. The SMILES string of the molecule is CCCCN(C(=O)CSc1ncnc2ccccc12)c1c(N)n(CC(C)C)c(=O)[nH]c1=O. The van der Waals surface area contributed by atoms with Gasteiger partial charge in [-0.25, -0.2) is 14.8 Å². The molecule has 2 heterocycles. The van der Waals surface area contributed by atoms with Crippen molar-refractivity contribution in [2.24, 2.45) is 5.92 Å². The van der Waals surface area contributed by atoms with Gasteiger partial charge in [0.1, 0.15) is 17.2 Å². The van der Waals surface area contributed by atoms with Crippen LogP contribution in [0.2, 0.25) is 0 Å². The highest BCUT2D eigenvalue weighted by Crippen LogP contribution is 2.26. The number of carbonyl (C=O) groups excluding carboxylic acids is 1. The van der Waals surface area contributed by atoms with Gasteiger partial charge in [-0.05, 0) is 18.4 Å². The summed E-state index contributed by atoms with van der Waals surface area (Å²) in [5, 5.41) is 1.54. The standard InChI is InChI=1S/C22H28N6O3S/c1-4-5-10-27(18-19(23)28(11-14(2)3)22(31)26-20(18)30)17(29)12-32-21-15-8-6-7-9-16(15)24-13-25-21/h6-9,13-14H,4-5,10-12,23H2,1-3H3,(H,26,30,31). The largest absolute Gasteiger partial charge is 0.383 e. The van der Waals surface area contributed by atoms with Crippen LogP contribution in [0.15, 0.2) is 45.2 Å². The van der Waals surface area contributed by atoms with E-state index in [1.807, 2.05) is 45.0 Å². The van der Waals surface area contributed by atoms with Crippen LogP contribution >= 0.6 is 11.8 Å². The van der Waals surface area contributed by atoms with Crippen molar-refractivity contribution in [2.75, 3.05) is 22.9 Å². The fourth-order valence-electron chi connectivity index (χ4n) is 3.37. The van der Waals surface area contributed by atoms with Gasteiger partial charge in [0.2, 0.25) is 5.91 Å². The van der Waals surface area contributed by atoms with E-state index in [0.29, 0.717) is 24.5 Å². The number of para-hydroxylation sites is 1. The number of hydrogen-bond donors (Lipinski definition) is 2. The molecule has 0 saturated carbocycles. The Bertz CT molecular complexity index is 1210. The summed E-state index contributed by atoms with van der Waals surface area (Å²) in [6.07, 6.45) is 2.99. The molecule has 1 aromatic carbocycles. The lowest BCUT2D eigenvalue weighted by atomic mass is 10.2. The van der Waals surface area contributed by atoms with Crippen molar-refractivity contribution in [1.82, 2.24) is 19.5 Å². The first-order chi connectivity index (χ1) is 15.3. The van der Waals surface area contributed by atoms with Crippen LogP contribution in [-0.2, 0) is 11.3 Å². The van der Waals surface area contributed by atoms with E-state index in [1.54, 1.807) is 0 Å². The summed E-state index contributed by atoms with van der Waals surface area (Å²) in [6, 6.07) is 7.57. The topological polar surface area (TPSA) is 127 Å². The maximum atomic E-state index is 13.2. The molecule has 0 atom stereocenters. The van der Waals surface area contributed by atoms with Gasteiger partial charge in [-0.3, -0.25) is 19.1 Å². The molecule has 0 spiro atoms. The number of nitrogens with zero attached hydrogens (tertiary/aromatic N) is 4. The Balaban J connectivity index is 1.93. The summed E-state index contributed by atoms with van der Waals surface area (Å²) < 4.78 is 1.32. The molecule has 0 aliphatic carbocycles. The third-order valence-electron chi connectivity index (χ3n) is 4.91. The maximum Gasteiger partial charge on any atom is 0.330 e. The number of nitrogens with one attached hydrogen (secondary N) is 1. The molecule has 0 bridgehead atoms. The minimum Gasteiger partial charge on any atom is -0.383 e. The molecule has 0 radical (unpaired) electrons. The van der Waals surface area contributed by atoms with E-state index in [-0.39, 0.29) is 29.1 Å². The number of aromatic amines is 1. The average molecular weight is 457 g/mol. The van der Waals surface area contributed by atoms with E-state index in [0.717, 1.165) is 17.3 Å². The number of aromatic nitrogens is 4. The summed E-state index contributed by atoms with van der Waals surface area (Å²) >= 11 is 1.28. The van der Waals surface area contributed by atoms with Crippen molar-refractivity contribution < 1.29 is 4.79 Å². The molecule has 0 aliphatic heterocycles. The fourth-order valence-corrected chi connectivity index (χ4v) is 4.23. The Labute approximate surface area is 190 Å². The second-order valence-corrected chi connectivity index (χ2v) is 8.85. The summed E-state index contributed by atoms with van der Waals surface area (Å²) in [5.74, 6) is -0.0740. The number of benzene rings is 1. The van der Waals surface area contributed by atoms with E-state index in [1.165, 1.54) is 27.6 Å². The maximum absolute atomic E-state index is 13.2. The van der Waals surface area contributed by atoms with E-state index in [4.69, 9.17) is 5.73 Å². The molecule has 32 heavy (non-hydrogen) atoms. The molecule has 9 nitrogen and oxygen atoms in total. The van der Waals surface area contributed by atoms with Crippen molar-refractivity contribution in [3.63, 3.8) is 0 Å². The molecule has 0 saturated heterocycles. The summed E-state index contributed by atoms with van der Waals surface area (Å²) in [7, 11) is 0. The zero-order valence-electron chi connectivity index (χ0n) is 18.5. The third kappa shape index (κ3) is 5.18. The Morgan fingerprint density at radius 1 is 1.25 bits per heavy atom. The Morgan fingerprint density at radius 2 is 2.00 bits per heavy atom. The average Bonchev–Trinajstić information content (AvgIpc) is 2.76. The minimum absolute atomic E-state index is 0.00869. The number of unbranched alkanes of at least 4 members (excludes halogenated alkanes) is 1. The predicted molar refractivity (Wildman–Crippen MR) is 128 cm³/mol. The molecular formula is C22H28N6O3S. The quantitative estimate of drug-likeness (QED) is 0.374. The highest BCUT2D eigenvalue weighted by molar-refractivity contribution is 8.00. The zero-order valence-corrected chi connectivity index (χ0v) is 19.3. The molecule has 3 N–H and O–H groups in total. The molecular weight excluding hydrogens is 428 g/mol. The molecule has 2 aromatic heterocycles. The van der Waals surface area contributed by atoms with E-state index >= 15 is 0 Å². The predicted octanol–water partition coefficient (Wildman–Crippen LogP) is 2.64. The number of amides is 1. The number of hydrogen-bond acceptors (Lipinski definition) is 7. The zero-order chi connectivity index (χ0) is 23.3. The van der Waals surface area contributed by atoms with Crippen molar-refractivity contribution >= 4 is 40.1 Å². The molecule has 10 heteroatoms. The molecule has 3 rings (SSSR count). The lowest BCUT2D eigenvalue weighted by Gasteiger charge is -2.24. The number of nitrogens with two attached hydrogens (primary N) is 1. The van der Waals surface area contributed by atoms with Crippen LogP contribution in [0.5, 0.6) is 0 Å². The first-order valence-corrected chi connectivity index (χ1v) is 11.6. The smallest absolute Gasteiger partial charge is 0.330 e. The number of rotatable bonds is 9. The number of H-pyrrole nitrogens is 1. The fraction of sp³-hybridized carbons (Fsp3) is 0.409. The van der Waals surface area contributed by atoms with Crippen LogP contribution in [0.1, 0.15) is 33.6 Å². The number of nitrogen functional groups attached to an aromatic ring is 1. The van der Waals surface area contributed by atoms with Crippen LogP contribution in [0.4, 0.5) is 11.5 Å². The van der Waals surface area contributed by atoms with Gasteiger partial charge in [0.05, 0.1) is 11.3 Å². The Hall–Kier alpha value is -3.14. The van der Waals surface area contributed by atoms with Gasteiger partial charge in [-0.2, -0.15) is 0 Å². The van der Waals surface area contributed by atoms with E-state index in [2.05, 4.69) is 15.0 Å². The number of thioether (sulfide) groups is 1. The lowest BCUT2D eigenvalue weighted by molar-refractivity contribution is -0.116. The highest BCUT2D eigenvalue weighted by Gasteiger charge is 2.24.